The summed E-state index contributed by atoms with van der Waals surface area (Å²) in [7, 11) is 1.67. The topological polar surface area (TPSA) is 49.8 Å². The lowest BCUT2D eigenvalue weighted by atomic mass is 9.80. The Morgan fingerprint density at radius 2 is 2.14 bits per heavy atom. The molecule has 0 amide bonds. The van der Waals surface area contributed by atoms with Crippen LogP contribution >= 0.6 is 0 Å². The van der Waals surface area contributed by atoms with Crippen LogP contribution in [0.1, 0.15) is 45.6 Å². The quantitative estimate of drug-likeness (QED) is 0.902. The first-order valence-corrected chi connectivity index (χ1v) is 7.45. The van der Waals surface area contributed by atoms with E-state index in [-0.39, 0.29) is 5.92 Å². The zero-order chi connectivity index (χ0) is 15.8. The molecule has 0 spiro atoms. The van der Waals surface area contributed by atoms with E-state index in [0.717, 1.165) is 17.9 Å². The van der Waals surface area contributed by atoms with Crippen molar-refractivity contribution >= 4 is 11.7 Å². The summed E-state index contributed by atoms with van der Waals surface area (Å²) in [6.07, 6.45) is 0.610. The first-order chi connectivity index (χ1) is 9.77. The van der Waals surface area contributed by atoms with Crippen molar-refractivity contribution in [2.75, 3.05) is 18.6 Å². The van der Waals surface area contributed by atoms with Gasteiger partial charge < -0.3 is 14.7 Å². The molecule has 1 unspecified atom stereocenters. The van der Waals surface area contributed by atoms with E-state index in [1.807, 2.05) is 12.1 Å². The number of carboxylic acid groups (broad SMARTS) is 1. The van der Waals surface area contributed by atoms with Gasteiger partial charge in [0, 0.05) is 29.8 Å². The fraction of sp³-hybridized carbons (Fsp3) is 0.588. The first kappa shape index (κ1) is 15.7. The number of methoxy groups -OCH3 is 1. The molecule has 1 aromatic rings. The number of fused-ring (bicyclic) bond motifs is 1. The molecule has 0 bridgehead atoms. The molecule has 0 radical (unpaired) electrons. The van der Waals surface area contributed by atoms with E-state index in [4.69, 9.17) is 4.74 Å². The molecule has 0 saturated heterocycles. The first-order valence-electron chi connectivity index (χ1n) is 7.45. The van der Waals surface area contributed by atoms with Gasteiger partial charge in [-0.3, -0.25) is 4.79 Å². The Morgan fingerprint density at radius 3 is 2.67 bits per heavy atom. The zero-order valence-corrected chi connectivity index (χ0v) is 13.5. The van der Waals surface area contributed by atoms with Gasteiger partial charge in [-0.15, -0.1) is 0 Å². The minimum Gasteiger partial charge on any atom is -0.496 e. The zero-order valence-electron chi connectivity index (χ0n) is 13.5. The van der Waals surface area contributed by atoms with Crippen molar-refractivity contribution in [1.82, 2.24) is 0 Å². The third-order valence-electron chi connectivity index (χ3n) is 4.36. The number of anilines is 1. The van der Waals surface area contributed by atoms with Gasteiger partial charge in [-0.25, -0.2) is 0 Å². The van der Waals surface area contributed by atoms with Crippen LogP contribution in [0.2, 0.25) is 0 Å². The van der Waals surface area contributed by atoms with Crippen LogP contribution in [-0.4, -0.2) is 30.8 Å². The van der Waals surface area contributed by atoms with Gasteiger partial charge in [-0.05, 0) is 46.2 Å². The second-order valence-electron chi connectivity index (χ2n) is 6.73. The maximum atomic E-state index is 11.4. The van der Waals surface area contributed by atoms with E-state index in [2.05, 4.69) is 24.8 Å². The molecule has 1 aliphatic rings. The summed E-state index contributed by atoms with van der Waals surface area (Å²) < 4.78 is 5.52. The number of ether oxygens (including phenoxy) is 1. The average molecular weight is 291 g/mol. The molecular weight excluding hydrogens is 266 g/mol. The van der Waals surface area contributed by atoms with E-state index >= 15 is 0 Å². The standard InChI is InChI=1S/C17H25NO3/c1-11(2)18-10-12(9-17(3,4)16(19)20)15-13(18)7-6-8-14(15)21-5/h6-8,11-12H,9-10H2,1-5H3,(H,19,20). The molecule has 21 heavy (non-hydrogen) atoms. The monoisotopic (exact) mass is 291 g/mol. The molecule has 0 fully saturated rings. The van der Waals surface area contributed by atoms with E-state index in [1.54, 1.807) is 21.0 Å². The highest BCUT2D eigenvalue weighted by atomic mass is 16.5. The predicted molar refractivity (Wildman–Crippen MR) is 84.3 cm³/mol. The van der Waals surface area contributed by atoms with Crippen LogP contribution in [0, 0.1) is 5.41 Å². The number of carboxylic acids is 1. The van der Waals surface area contributed by atoms with E-state index in [0.29, 0.717) is 12.5 Å². The summed E-state index contributed by atoms with van der Waals surface area (Å²) in [4.78, 5) is 13.8. The third-order valence-corrected chi connectivity index (χ3v) is 4.36. The predicted octanol–water partition coefficient (Wildman–Crippen LogP) is 3.51. The summed E-state index contributed by atoms with van der Waals surface area (Å²) in [5, 5.41) is 9.41. The summed E-state index contributed by atoms with van der Waals surface area (Å²) in [5.41, 5.74) is 1.59. The molecule has 1 N–H and O–H groups in total. The van der Waals surface area contributed by atoms with Crippen molar-refractivity contribution in [3.63, 3.8) is 0 Å². The minimum absolute atomic E-state index is 0.185. The van der Waals surface area contributed by atoms with Gasteiger partial charge in [0.05, 0.1) is 12.5 Å². The van der Waals surface area contributed by atoms with Gasteiger partial charge in [0.15, 0.2) is 0 Å². The van der Waals surface area contributed by atoms with Crippen molar-refractivity contribution in [2.45, 2.75) is 46.1 Å². The SMILES string of the molecule is COc1cccc2c1C(CC(C)(C)C(=O)O)CN2C(C)C. The summed E-state index contributed by atoms with van der Waals surface area (Å²) in [6, 6.07) is 6.45. The van der Waals surface area contributed by atoms with E-state index in [9.17, 15) is 9.90 Å². The Labute approximate surface area is 126 Å². The normalized spacial score (nSPS) is 18.0. The number of hydrogen-bond acceptors (Lipinski definition) is 3. The van der Waals surface area contributed by atoms with Crippen LogP contribution in [0.5, 0.6) is 5.75 Å². The lowest BCUT2D eigenvalue weighted by Gasteiger charge is -2.26. The molecule has 1 aromatic carbocycles. The Morgan fingerprint density at radius 1 is 1.48 bits per heavy atom. The van der Waals surface area contributed by atoms with Crippen molar-refractivity contribution in [1.29, 1.82) is 0 Å². The third kappa shape index (κ3) is 2.85. The maximum Gasteiger partial charge on any atom is 0.309 e. The molecule has 2 rings (SSSR count). The van der Waals surface area contributed by atoms with Crippen molar-refractivity contribution in [3.05, 3.63) is 23.8 Å². The highest BCUT2D eigenvalue weighted by Crippen LogP contribution is 2.47. The van der Waals surface area contributed by atoms with Gasteiger partial charge >= 0.3 is 5.97 Å². The van der Waals surface area contributed by atoms with Crippen LogP contribution in [0.3, 0.4) is 0 Å². The number of hydrogen-bond donors (Lipinski definition) is 1. The van der Waals surface area contributed by atoms with Gasteiger partial charge in [0.25, 0.3) is 0 Å². The van der Waals surface area contributed by atoms with Gasteiger partial charge in [-0.1, -0.05) is 6.07 Å². The van der Waals surface area contributed by atoms with Crippen LogP contribution in [-0.2, 0) is 4.79 Å². The molecule has 4 heteroatoms. The number of nitrogens with zero attached hydrogens (tertiary/aromatic N) is 1. The van der Waals surface area contributed by atoms with E-state index in [1.165, 1.54) is 5.69 Å². The fourth-order valence-electron chi connectivity index (χ4n) is 3.16. The van der Waals surface area contributed by atoms with E-state index < -0.39 is 11.4 Å². The Kier molecular flexibility index (Phi) is 4.17. The van der Waals surface area contributed by atoms with Gasteiger partial charge in [0.1, 0.15) is 5.75 Å². The molecule has 116 valence electrons. The fourth-order valence-corrected chi connectivity index (χ4v) is 3.16. The molecule has 4 nitrogen and oxygen atoms in total. The van der Waals surface area contributed by atoms with Gasteiger partial charge in [0.2, 0.25) is 0 Å². The maximum absolute atomic E-state index is 11.4. The Balaban J connectivity index is 2.41. The van der Waals surface area contributed by atoms with Crippen LogP contribution in [0.4, 0.5) is 5.69 Å². The summed E-state index contributed by atoms with van der Waals surface area (Å²) >= 11 is 0. The smallest absolute Gasteiger partial charge is 0.309 e. The van der Waals surface area contributed by atoms with Gasteiger partial charge in [-0.2, -0.15) is 0 Å². The Hall–Kier alpha value is -1.71. The van der Waals surface area contributed by atoms with Crippen LogP contribution in [0.15, 0.2) is 18.2 Å². The second-order valence-corrected chi connectivity index (χ2v) is 6.73. The number of benzene rings is 1. The molecule has 1 atom stereocenters. The molecule has 1 heterocycles. The van der Waals surface area contributed by atoms with Crippen molar-refractivity contribution < 1.29 is 14.6 Å². The molecule has 0 aromatic heterocycles. The lowest BCUT2D eigenvalue weighted by molar-refractivity contribution is -0.147. The number of carbonyl (C=O) groups is 1. The van der Waals surface area contributed by atoms with Crippen molar-refractivity contribution in [2.24, 2.45) is 5.41 Å². The lowest BCUT2D eigenvalue weighted by Crippen LogP contribution is -2.32. The molecular formula is C17H25NO3. The second kappa shape index (κ2) is 5.58. The van der Waals surface area contributed by atoms with Crippen molar-refractivity contribution in [3.8, 4) is 5.75 Å². The highest BCUT2D eigenvalue weighted by molar-refractivity contribution is 5.74. The Bertz CT molecular complexity index is 537. The minimum atomic E-state index is -0.748. The number of aliphatic carboxylic acids is 1. The largest absolute Gasteiger partial charge is 0.496 e. The number of rotatable bonds is 5. The molecule has 0 aliphatic carbocycles. The average Bonchev–Trinajstić information content (AvgIpc) is 2.77. The summed E-state index contributed by atoms with van der Waals surface area (Å²) in [5.74, 6) is 0.299. The summed E-state index contributed by atoms with van der Waals surface area (Å²) in [6.45, 7) is 8.76. The molecule has 1 aliphatic heterocycles. The van der Waals surface area contributed by atoms with Crippen LogP contribution in [0.25, 0.3) is 0 Å². The molecule has 0 saturated carbocycles. The highest BCUT2D eigenvalue weighted by Gasteiger charge is 2.38. The van der Waals surface area contributed by atoms with Crippen LogP contribution < -0.4 is 9.64 Å².